The van der Waals surface area contributed by atoms with E-state index < -0.39 is 37.0 Å². The van der Waals surface area contributed by atoms with Gasteiger partial charge in [-0.1, -0.05) is 0 Å². The van der Waals surface area contributed by atoms with Crippen molar-refractivity contribution in [2.45, 2.75) is 24.4 Å². The van der Waals surface area contributed by atoms with Crippen molar-refractivity contribution in [2.24, 2.45) is 0 Å². The Morgan fingerprint density at radius 3 is 1.79 bits per heavy atom. The van der Waals surface area contributed by atoms with Crippen LogP contribution in [0.15, 0.2) is 0 Å². The van der Waals surface area contributed by atoms with E-state index in [4.69, 9.17) is 30.6 Å². The largest absolute Gasteiger partial charge is 0.479 e. The summed E-state index contributed by atoms with van der Waals surface area (Å²) in [4.78, 5) is 10.1. The van der Waals surface area contributed by atoms with Crippen LogP contribution in [0.3, 0.4) is 0 Å². The predicted molar refractivity (Wildman–Crippen MR) is 44.5 cm³/mol. The van der Waals surface area contributed by atoms with E-state index in [2.05, 4.69) is 0 Å². The molecule has 0 aliphatic heterocycles. The summed E-state index contributed by atoms with van der Waals surface area (Å²) < 4.78 is 0. The molecule has 6 N–H and O–H groups in total. The third-order valence-corrected chi connectivity index (χ3v) is 1.51. The van der Waals surface area contributed by atoms with Gasteiger partial charge in [0, 0.05) is 29.6 Å². The average Bonchev–Trinajstić information content (AvgIpc) is 2.12. The Balaban J connectivity index is 0. The van der Waals surface area contributed by atoms with E-state index in [1.54, 1.807) is 0 Å². The fraction of sp³-hybridized carbons (Fsp3) is 0.833. The van der Waals surface area contributed by atoms with E-state index in [9.17, 15) is 4.79 Å². The van der Waals surface area contributed by atoms with Gasteiger partial charge in [-0.15, -0.1) is 0 Å². The summed E-state index contributed by atoms with van der Waals surface area (Å²) in [5.74, 6) is -1.73. The Kier molecular flexibility index (Phi) is 9.00. The van der Waals surface area contributed by atoms with Crippen molar-refractivity contribution in [3.8, 4) is 0 Å². The molecule has 14 heavy (non-hydrogen) atoms. The first-order valence-corrected chi connectivity index (χ1v) is 3.47. The predicted octanol–water partition coefficient (Wildman–Crippen LogP) is -3.87. The number of aliphatic hydroxyl groups excluding tert-OH is 5. The van der Waals surface area contributed by atoms with Crippen LogP contribution in [0.4, 0.5) is 0 Å². The summed E-state index contributed by atoms with van der Waals surface area (Å²) in [7, 11) is 0. The van der Waals surface area contributed by atoms with Crippen molar-refractivity contribution < 1.29 is 35.4 Å². The Labute approximate surface area is 102 Å². The zero-order valence-electron chi connectivity index (χ0n) is 7.61. The van der Waals surface area contributed by atoms with Gasteiger partial charge in [0.1, 0.15) is 18.3 Å². The number of carboxylic acid groups (broad SMARTS) is 1. The smallest absolute Gasteiger partial charge is 0.335 e. The van der Waals surface area contributed by atoms with E-state index in [0.29, 0.717) is 0 Å². The number of rotatable bonds is 5. The minimum Gasteiger partial charge on any atom is -0.479 e. The zero-order valence-corrected chi connectivity index (χ0v) is 9.61. The summed E-state index contributed by atoms with van der Waals surface area (Å²) in [6.45, 7) is -0.843. The topological polar surface area (TPSA) is 138 Å². The van der Waals surface area contributed by atoms with Crippen LogP contribution in [0.5, 0.6) is 0 Å². The van der Waals surface area contributed by atoms with Gasteiger partial charge < -0.3 is 30.6 Å². The molecule has 0 aliphatic rings. The molecule has 0 amide bonds. The summed E-state index contributed by atoms with van der Waals surface area (Å²) >= 11 is 0. The fourth-order valence-electron chi connectivity index (χ4n) is 0.668. The first-order valence-electron chi connectivity index (χ1n) is 3.47. The Hall–Kier alpha value is 0.270. The number of hydrogen-bond donors (Lipinski definition) is 6. The molecule has 0 bridgehead atoms. The van der Waals surface area contributed by atoms with Crippen LogP contribution in [0.2, 0.25) is 0 Å². The summed E-state index contributed by atoms with van der Waals surface area (Å²) in [6.07, 6.45) is -7.84. The van der Waals surface area contributed by atoms with Gasteiger partial charge in [0.05, 0.1) is 6.61 Å². The molecule has 0 saturated carbocycles. The van der Waals surface area contributed by atoms with Gasteiger partial charge >= 0.3 is 5.97 Å². The first kappa shape index (κ1) is 16.7. The van der Waals surface area contributed by atoms with Crippen LogP contribution in [-0.2, 0) is 4.79 Å². The van der Waals surface area contributed by atoms with Crippen molar-refractivity contribution >= 4 is 35.5 Å². The van der Waals surface area contributed by atoms with Gasteiger partial charge in [0.2, 0.25) is 0 Å². The van der Waals surface area contributed by atoms with E-state index >= 15 is 0 Å². The van der Waals surface area contributed by atoms with Crippen molar-refractivity contribution in [3.05, 3.63) is 0 Å². The van der Waals surface area contributed by atoms with Gasteiger partial charge in [0.25, 0.3) is 0 Å². The van der Waals surface area contributed by atoms with Crippen molar-refractivity contribution in [3.63, 3.8) is 0 Å². The molecule has 0 aromatic rings. The van der Waals surface area contributed by atoms with Gasteiger partial charge in [-0.3, -0.25) is 0 Å². The number of carboxylic acids is 1. The molecule has 0 saturated heterocycles. The maximum Gasteiger partial charge on any atom is 0.335 e. The molecule has 4 unspecified atom stereocenters. The molecular weight excluding hydrogens is 207 g/mol. The third kappa shape index (κ3) is 4.67. The van der Waals surface area contributed by atoms with E-state index in [-0.39, 0.29) is 29.6 Å². The van der Waals surface area contributed by atoms with Crippen molar-refractivity contribution in [2.75, 3.05) is 6.61 Å². The van der Waals surface area contributed by atoms with Crippen LogP contribution in [-0.4, -0.2) is 97.2 Å². The van der Waals surface area contributed by atoms with Gasteiger partial charge in [0.15, 0.2) is 6.10 Å². The number of aliphatic carboxylic acids is 1. The summed E-state index contributed by atoms with van der Waals surface area (Å²) in [6, 6.07) is 0. The summed E-state index contributed by atoms with van der Waals surface area (Å²) in [5, 5.41) is 51.8. The van der Waals surface area contributed by atoms with Gasteiger partial charge in [-0.05, 0) is 0 Å². The maximum atomic E-state index is 10.1. The molecule has 8 heteroatoms. The molecule has 0 aromatic carbocycles. The molecule has 0 rings (SSSR count). The second-order valence-corrected chi connectivity index (χ2v) is 2.51. The Morgan fingerprint density at radius 2 is 1.50 bits per heavy atom. The monoisotopic (exact) mass is 219 g/mol. The molecule has 1 radical (unpaired) electrons. The van der Waals surface area contributed by atoms with Crippen molar-refractivity contribution in [1.29, 1.82) is 0 Å². The Morgan fingerprint density at radius 1 is 1.07 bits per heavy atom. The second-order valence-electron chi connectivity index (χ2n) is 2.51. The summed E-state index contributed by atoms with van der Waals surface area (Å²) in [5.41, 5.74) is 0. The zero-order chi connectivity index (χ0) is 10.6. The number of hydrogen-bond acceptors (Lipinski definition) is 6. The first-order chi connectivity index (χ1) is 5.91. The van der Waals surface area contributed by atoms with Gasteiger partial charge in [-0.25, -0.2) is 4.79 Å². The standard InChI is InChI=1S/C6H12O7.Na/c7-1-2(8)3(9)4(10)5(11)6(12)13;/h2-5,7-11H,1H2,(H,12,13);. The molecule has 4 atom stereocenters. The van der Waals surface area contributed by atoms with E-state index in [1.807, 2.05) is 0 Å². The minimum atomic E-state index is -2.20. The molecular formula is C6H12NaO7. The quantitative estimate of drug-likeness (QED) is 0.260. The normalized spacial score (nSPS) is 18.9. The minimum absolute atomic E-state index is 0. The van der Waals surface area contributed by atoms with Crippen LogP contribution in [0.25, 0.3) is 0 Å². The van der Waals surface area contributed by atoms with Crippen LogP contribution < -0.4 is 0 Å². The Bertz CT molecular complexity index is 176. The van der Waals surface area contributed by atoms with Crippen LogP contribution in [0, 0.1) is 0 Å². The number of aliphatic hydroxyl groups is 5. The third-order valence-electron chi connectivity index (χ3n) is 1.51. The van der Waals surface area contributed by atoms with E-state index in [0.717, 1.165) is 0 Å². The molecule has 7 nitrogen and oxygen atoms in total. The molecule has 0 heterocycles. The van der Waals surface area contributed by atoms with Crippen molar-refractivity contribution in [1.82, 2.24) is 0 Å². The average molecular weight is 219 g/mol. The SMILES string of the molecule is O=C(O)C(O)C(O)C(O)C(O)CO.[Na]. The fourth-order valence-corrected chi connectivity index (χ4v) is 0.668. The van der Waals surface area contributed by atoms with Crippen LogP contribution >= 0.6 is 0 Å². The molecule has 0 aliphatic carbocycles. The second kappa shape index (κ2) is 7.55. The number of carbonyl (C=O) groups is 1. The molecule has 0 aromatic heterocycles. The molecule has 0 fully saturated rings. The van der Waals surface area contributed by atoms with Gasteiger partial charge in [-0.2, -0.15) is 0 Å². The van der Waals surface area contributed by atoms with Crippen LogP contribution in [0.1, 0.15) is 0 Å². The molecule has 79 valence electrons. The molecule has 0 spiro atoms. The maximum absolute atomic E-state index is 10.1. The van der Waals surface area contributed by atoms with E-state index in [1.165, 1.54) is 0 Å².